The van der Waals surface area contributed by atoms with E-state index in [2.05, 4.69) is 50.4 Å². The number of hydrogen-bond donors (Lipinski definition) is 1. The first-order valence-corrected chi connectivity index (χ1v) is 9.73. The number of nitrogens with one attached hydrogen (secondary N) is 1. The van der Waals surface area contributed by atoms with Crippen LogP contribution in [0.5, 0.6) is 0 Å². The van der Waals surface area contributed by atoms with E-state index < -0.39 is 8.07 Å². The normalized spacial score (nSPS) is 23.4. The van der Waals surface area contributed by atoms with Crippen LogP contribution in [0.25, 0.3) is 0 Å². The van der Waals surface area contributed by atoms with E-state index in [4.69, 9.17) is 0 Å². The Morgan fingerprint density at radius 3 is 2.06 bits per heavy atom. The highest BCUT2D eigenvalue weighted by atomic mass is 28.3. The van der Waals surface area contributed by atoms with Crippen molar-refractivity contribution in [1.29, 1.82) is 0 Å². The fraction of sp³-hybridized carbons (Fsp3) is 0.533. The number of hydrogen-bond acceptors (Lipinski definition) is 1. The van der Waals surface area contributed by atoms with Crippen LogP contribution in [0, 0.1) is 0 Å². The summed E-state index contributed by atoms with van der Waals surface area (Å²) < 4.78 is 0. The second-order valence-corrected chi connectivity index (χ2v) is 10.8. The summed E-state index contributed by atoms with van der Waals surface area (Å²) in [5, 5.41) is 3.11. The van der Waals surface area contributed by atoms with Gasteiger partial charge in [-0.1, -0.05) is 69.2 Å². The van der Waals surface area contributed by atoms with Gasteiger partial charge in [-0.3, -0.25) is 4.79 Å². The summed E-state index contributed by atoms with van der Waals surface area (Å²) in [6.45, 7) is 6.81. The molecule has 1 amide bonds. The Morgan fingerprint density at radius 2 is 1.61 bits per heavy atom. The van der Waals surface area contributed by atoms with Crippen LogP contribution in [-0.4, -0.2) is 14.0 Å². The van der Waals surface area contributed by atoms with Crippen molar-refractivity contribution in [2.45, 2.75) is 50.5 Å². The molecule has 1 heterocycles. The van der Waals surface area contributed by atoms with Crippen molar-refractivity contribution in [3.8, 4) is 0 Å². The van der Waals surface area contributed by atoms with Crippen molar-refractivity contribution in [3.05, 3.63) is 35.9 Å². The van der Waals surface area contributed by atoms with Crippen LogP contribution in [-0.2, 0) is 4.79 Å². The van der Waals surface area contributed by atoms with Crippen LogP contribution in [0.1, 0.15) is 32.4 Å². The van der Waals surface area contributed by atoms with E-state index in [0.29, 0.717) is 5.91 Å². The van der Waals surface area contributed by atoms with Crippen molar-refractivity contribution in [2.24, 2.45) is 0 Å². The summed E-state index contributed by atoms with van der Waals surface area (Å²) >= 11 is 0. The largest absolute Gasteiger partial charge is 0.349 e. The minimum absolute atomic E-state index is 0.269. The third-order valence-electron chi connectivity index (χ3n) is 4.84. The molecule has 1 aromatic rings. The molecule has 98 valence electrons. The van der Waals surface area contributed by atoms with Crippen molar-refractivity contribution >= 4 is 14.0 Å². The Labute approximate surface area is 111 Å². The van der Waals surface area contributed by atoms with Gasteiger partial charge in [0.05, 0.1) is 19.7 Å². The minimum atomic E-state index is -1.45. The zero-order chi connectivity index (χ0) is 13.2. The Bertz CT molecular complexity index is 405. The summed E-state index contributed by atoms with van der Waals surface area (Å²) in [4.78, 5) is 12.1. The monoisotopic (exact) mass is 261 g/mol. The highest BCUT2D eigenvalue weighted by Gasteiger charge is 2.52. The zero-order valence-electron chi connectivity index (χ0n) is 11.6. The molecule has 0 aromatic heterocycles. The zero-order valence-corrected chi connectivity index (χ0v) is 12.6. The lowest BCUT2D eigenvalue weighted by Gasteiger charge is -2.48. The lowest BCUT2D eigenvalue weighted by atomic mass is 9.96. The molecule has 0 spiro atoms. The lowest BCUT2D eigenvalue weighted by molar-refractivity contribution is -0.128. The van der Waals surface area contributed by atoms with Gasteiger partial charge in [-0.25, -0.2) is 0 Å². The maximum atomic E-state index is 12.1. The smallest absolute Gasteiger partial charge is 0.223 e. The van der Waals surface area contributed by atoms with E-state index >= 15 is 0 Å². The summed E-state index contributed by atoms with van der Waals surface area (Å²) in [6.07, 6.45) is 0. The average molecular weight is 261 g/mol. The Morgan fingerprint density at radius 1 is 1.06 bits per heavy atom. The number of benzene rings is 1. The second-order valence-electron chi connectivity index (χ2n) is 5.30. The van der Waals surface area contributed by atoms with Crippen LogP contribution in [0.15, 0.2) is 30.3 Å². The molecule has 0 radical (unpaired) electrons. The fourth-order valence-electron chi connectivity index (χ4n) is 3.36. The number of rotatable bonds is 5. The van der Waals surface area contributed by atoms with Crippen LogP contribution >= 0.6 is 0 Å². The van der Waals surface area contributed by atoms with Gasteiger partial charge in [0.15, 0.2) is 0 Å². The molecule has 2 atom stereocenters. The molecule has 0 aliphatic carbocycles. The molecule has 3 heteroatoms. The summed E-state index contributed by atoms with van der Waals surface area (Å²) in [6, 6.07) is 14.3. The van der Waals surface area contributed by atoms with Gasteiger partial charge in [0, 0.05) is 0 Å². The molecule has 0 saturated carbocycles. The van der Waals surface area contributed by atoms with Gasteiger partial charge in [0.2, 0.25) is 5.91 Å². The average Bonchev–Trinajstić information content (AvgIpc) is 2.43. The summed E-state index contributed by atoms with van der Waals surface area (Å²) in [5.41, 5.74) is 1.55. The van der Waals surface area contributed by atoms with Crippen molar-refractivity contribution in [1.82, 2.24) is 5.32 Å². The fourth-order valence-corrected chi connectivity index (χ4v) is 7.80. The van der Waals surface area contributed by atoms with Gasteiger partial charge < -0.3 is 5.32 Å². The van der Waals surface area contributed by atoms with E-state index in [1.807, 2.05) is 6.07 Å². The van der Waals surface area contributed by atoms with Crippen molar-refractivity contribution in [3.63, 3.8) is 0 Å². The van der Waals surface area contributed by atoms with Crippen molar-refractivity contribution in [2.75, 3.05) is 0 Å². The number of β-lactam (4-membered cyclic amide) rings is 1. The first-order valence-electron chi connectivity index (χ1n) is 7.03. The van der Waals surface area contributed by atoms with E-state index in [9.17, 15) is 4.79 Å². The third-order valence-corrected chi connectivity index (χ3v) is 11.0. The Hall–Kier alpha value is -1.09. The van der Waals surface area contributed by atoms with Crippen LogP contribution in [0.2, 0.25) is 23.7 Å². The number of carbonyl (C=O) groups is 1. The first-order chi connectivity index (χ1) is 8.68. The van der Waals surface area contributed by atoms with Crippen LogP contribution in [0.3, 0.4) is 0 Å². The van der Waals surface area contributed by atoms with Gasteiger partial charge in [-0.15, -0.1) is 0 Å². The van der Waals surface area contributed by atoms with E-state index in [1.165, 1.54) is 23.7 Å². The highest BCUT2D eigenvalue weighted by Crippen LogP contribution is 2.47. The standard InChI is InChI=1S/C15H23NOSi/c1-4-18(5-2,6-3)14-13(16-15(14)17)12-10-8-7-9-11-12/h7-11,13-14H,4-6H2,1-3H3,(H,16,17). The molecular formula is C15H23NOSi. The summed E-state index contributed by atoms with van der Waals surface area (Å²) in [5.74, 6) is 0.293. The molecule has 1 aromatic carbocycles. The maximum Gasteiger partial charge on any atom is 0.223 e. The Kier molecular flexibility index (Phi) is 3.90. The molecule has 1 aliphatic rings. The Balaban J connectivity index is 2.28. The molecule has 18 heavy (non-hydrogen) atoms. The first kappa shape index (κ1) is 13.3. The SMILES string of the molecule is CC[Si](CC)(CC)C1C(=O)NC1c1ccccc1. The molecule has 0 bridgehead atoms. The summed E-state index contributed by atoms with van der Waals surface area (Å²) in [7, 11) is -1.45. The van der Waals surface area contributed by atoms with Gasteiger partial charge in [-0.05, 0) is 5.56 Å². The van der Waals surface area contributed by atoms with Gasteiger partial charge in [0.1, 0.15) is 0 Å². The molecular weight excluding hydrogens is 238 g/mol. The third kappa shape index (κ3) is 2.01. The topological polar surface area (TPSA) is 29.1 Å². The highest BCUT2D eigenvalue weighted by molar-refractivity contribution is 6.84. The van der Waals surface area contributed by atoms with Crippen molar-refractivity contribution < 1.29 is 4.79 Å². The second kappa shape index (κ2) is 5.27. The van der Waals surface area contributed by atoms with Gasteiger partial charge in [0.25, 0.3) is 0 Å². The van der Waals surface area contributed by atoms with Crippen LogP contribution in [0.4, 0.5) is 0 Å². The van der Waals surface area contributed by atoms with Crippen LogP contribution < -0.4 is 5.32 Å². The molecule has 1 fully saturated rings. The molecule has 2 rings (SSSR count). The van der Waals surface area contributed by atoms with E-state index in [0.717, 1.165) is 0 Å². The molecule has 1 saturated heterocycles. The van der Waals surface area contributed by atoms with E-state index in [1.54, 1.807) is 0 Å². The molecule has 1 aliphatic heterocycles. The quantitative estimate of drug-likeness (QED) is 0.635. The minimum Gasteiger partial charge on any atom is -0.349 e. The van der Waals surface area contributed by atoms with Gasteiger partial charge >= 0.3 is 0 Å². The number of carbonyl (C=O) groups excluding carboxylic acids is 1. The molecule has 1 N–H and O–H groups in total. The molecule has 2 nitrogen and oxygen atoms in total. The van der Waals surface area contributed by atoms with E-state index in [-0.39, 0.29) is 11.6 Å². The lowest BCUT2D eigenvalue weighted by Crippen LogP contribution is -2.59. The predicted octanol–water partition coefficient (Wildman–Crippen LogP) is 3.74. The maximum absolute atomic E-state index is 12.1. The van der Waals surface area contributed by atoms with Gasteiger partial charge in [-0.2, -0.15) is 0 Å². The number of amides is 1. The molecule has 2 unspecified atom stereocenters. The predicted molar refractivity (Wildman–Crippen MR) is 78.3 cm³/mol.